The van der Waals surface area contributed by atoms with Crippen LogP contribution in [0.15, 0.2) is 22.7 Å². The summed E-state index contributed by atoms with van der Waals surface area (Å²) in [6.07, 6.45) is 0. The van der Waals surface area contributed by atoms with Gasteiger partial charge in [0.1, 0.15) is 5.82 Å². The van der Waals surface area contributed by atoms with Crippen LogP contribution in [0.2, 0.25) is 0 Å². The molecule has 0 saturated carbocycles. The molecule has 0 N–H and O–H groups in total. The predicted molar refractivity (Wildman–Crippen MR) is 73.0 cm³/mol. The van der Waals surface area contributed by atoms with Gasteiger partial charge in [-0.2, -0.15) is 0 Å². The standard InChI is InChI=1S/C13H16BrN3/c1-9(2)16-5-6-17-12-4-3-10(14)7-11(12)15-13(17)8-16/h3-4,7,9H,5-6,8H2,1-2H3. The van der Waals surface area contributed by atoms with Crippen molar-refractivity contribution in [2.45, 2.75) is 33.0 Å². The van der Waals surface area contributed by atoms with Gasteiger partial charge in [-0.1, -0.05) is 15.9 Å². The van der Waals surface area contributed by atoms with Crippen molar-refractivity contribution in [3.05, 3.63) is 28.5 Å². The van der Waals surface area contributed by atoms with Crippen LogP contribution in [0.1, 0.15) is 19.7 Å². The monoisotopic (exact) mass is 293 g/mol. The summed E-state index contributed by atoms with van der Waals surface area (Å²) in [6.45, 7) is 7.62. The molecular weight excluding hydrogens is 278 g/mol. The minimum absolute atomic E-state index is 0.593. The first-order chi connectivity index (χ1) is 8.15. The molecule has 0 unspecified atom stereocenters. The van der Waals surface area contributed by atoms with E-state index < -0.39 is 0 Å². The van der Waals surface area contributed by atoms with E-state index in [1.165, 1.54) is 11.3 Å². The smallest absolute Gasteiger partial charge is 0.124 e. The zero-order chi connectivity index (χ0) is 12.0. The van der Waals surface area contributed by atoms with Crippen molar-refractivity contribution in [2.24, 2.45) is 0 Å². The molecule has 2 aromatic rings. The summed E-state index contributed by atoms with van der Waals surface area (Å²) in [5.74, 6) is 1.19. The van der Waals surface area contributed by atoms with E-state index in [2.05, 4.69) is 57.4 Å². The third kappa shape index (κ3) is 1.89. The van der Waals surface area contributed by atoms with Crippen molar-refractivity contribution in [3.63, 3.8) is 0 Å². The van der Waals surface area contributed by atoms with E-state index in [1.54, 1.807) is 0 Å². The summed E-state index contributed by atoms with van der Waals surface area (Å²) in [5, 5.41) is 0. The first-order valence-electron chi connectivity index (χ1n) is 6.04. The zero-order valence-electron chi connectivity index (χ0n) is 10.2. The number of nitrogens with zero attached hydrogens (tertiary/aromatic N) is 3. The lowest BCUT2D eigenvalue weighted by molar-refractivity contribution is 0.175. The fourth-order valence-electron chi connectivity index (χ4n) is 2.45. The largest absolute Gasteiger partial charge is 0.326 e. The van der Waals surface area contributed by atoms with Crippen molar-refractivity contribution in [2.75, 3.05) is 6.54 Å². The third-order valence-electron chi connectivity index (χ3n) is 3.47. The minimum atomic E-state index is 0.593. The first kappa shape index (κ1) is 11.2. The number of hydrogen-bond donors (Lipinski definition) is 0. The lowest BCUT2D eigenvalue weighted by Gasteiger charge is -2.30. The van der Waals surface area contributed by atoms with Gasteiger partial charge in [0.2, 0.25) is 0 Å². The number of fused-ring (bicyclic) bond motifs is 3. The van der Waals surface area contributed by atoms with Crippen LogP contribution in [-0.4, -0.2) is 27.0 Å². The van der Waals surface area contributed by atoms with E-state index >= 15 is 0 Å². The molecule has 4 heteroatoms. The Kier molecular flexibility index (Phi) is 2.71. The number of rotatable bonds is 1. The fourth-order valence-corrected chi connectivity index (χ4v) is 2.80. The Morgan fingerprint density at radius 3 is 2.88 bits per heavy atom. The van der Waals surface area contributed by atoms with Crippen LogP contribution in [0.4, 0.5) is 0 Å². The molecule has 0 bridgehead atoms. The Hall–Kier alpha value is -0.870. The fraction of sp³-hybridized carbons (Fsp3) is 0.462. The molecule has 3 rings (SSSR count). The summed E-state index contributed by atoms with van der Waals surface area (Å²) >= 11 is 3.50. The molecule has 0 radical (unpaired) electrons. The molecule has 1 aliphatic heterocycles. The lowest BCUT2D eigenvalue weighted by Crippen LogP contribution is -2.38. The maximum absolute atomic E-state index is 4.74. The summed E-state index contributed by atoms with van der Waals surface area (Å²) in [4.78, 5) is 7.21. The first-order valence-corrected chi connectivity index (χ1v) is 6.83. The van der Waals surface area contributed by atoms with Crippen molar-refractivity contribution < 1.29 is 0 Å². The molecule has 17 heavy (non-hydrogen) atoms. The third-order valence-corrected chi connectivity index (χ3v) is 3.97. The highest BCUT2D eigenvalue weighted by Gasteiger charge is 2.21. The Morgan fingerprint density at radius 2 is 2.12 bits per heavy atom. The topological polar surface area (TPSA) is 21.1 Å². The summed E-state index contributed by atoms with van der Waals surface area (Å²) in [6, 6.07) is 6.93. The van der Waals surface area contributed by atoms with Gasteiger partial charge in [0, 0.05) is 23.6 Å². The molecule has 0 saturated heterocycles. The van der Waals surface area contributed by atoms with Crippen LogP contribution in [0.3, 0.4) is 0 Å². The van der Waals surface area contributed by atoms with Gasteiger partial charge in [0.15, 0.2) is 0 Å². The van der Waals surface area contributed by atoms with Crippen LogP contribution in [0, 0.1) is 0 Å². The van der Waals surface area contributed by atoms with Gasteiger partial charge in [0.25, 0.3) is 0 Å². The van der Waals surface area contributed by atoms with E-state index in [1.807, 2.05) is 0 Å². The van der Waals surface area contributed by atoms with Gasteiger partial charge in [-0.15, -0.1) is 0 Å². The van der Waals surface area contributed by atoms with Gasteiger partial charge in [-0.3, -0.25) is 4.90 Å². The minimum Gasteiger partial charge on any atom is -0.326 e. The number of benzene rings is 1. The molecule has 0 atom stereocenters. The maximum atomic E-state index is 4.74. The maximum Gasteiger partial charge on any atom is 0.124 e. The van der Waals surface area contributed by atoms with E-state index in [0.717, 1.165) is 29.6 Å². The van der Waals surface area contributed by atoms with Gasteiger partial charge in [-0.25, -0.2) is 4.98 Å². The van der Waals surface area contributed by atoms with E-state index in [-0.39, 0.29) is 0 Å². The van der Waals surface area contributed by atoms with Crippen molar-refractivity contribution in [1.29, 1.82) is 0 Å². The number of imidazole rings is 1. The molecule has 1 aromatic carbocycles. The van der Waals surface area contributed by atoms with Crippen molar-refractivity contribution in [3.8, 4) is 0 Å². The van der Waals surface area contributed by atoms with Gasteiger partial charge >= 0.3 is 0 Å². The van der Waals surface area contributed by atoms with Crippen LogP contribution < -0.4 is 0 Å². The molecule has 90 valence electrons. The number of hydrogen-bond acceptors (Lipinski definition) is 2. The second kappa shape index (κ2) is 4.10. The average Bonchev–Trinajstić information content (AvgIpc) is 2.64. The lowest BCUT2D eigenvalue weighted by atomic mass is 10.2. The van der Waals surface area contributed by atoms with E-state index in [0.29, 0.717) is 6.04 Å². The van der Waals surface area contributed by atoms with Gasteiger partial charge in [-0.05, 0) is 32.0 Å². The van der Waals surface area contributed by atoms with E-state index in [4.69, 9.17) is 4.98 Å². The highest BCUT2D eigenvalue weighted by molar-refractivity contribution is 9.10. The van der Waals surface area contributed by atoms with Crippen LogP contribution >= 0.6 is 15.9 Å². The number of halogens is 1. The average molecular weight is 294 g/mol. The van der Waals surface area contributed by atoms with E-state index in [9.17, 15) is 0 Å². The molecular formula is C13H16BrN3. The molecule has 0 aliphatic carbocycles. The molecule has 0 spiro atoms. The highest BCUT2D eigenvalue weighted by Crippen LogP contribution is 2.24. The Morgan fingerprint density at radius 1 is 1.29 bits per heavy atom. The van der Waals surface area contributed by atoms with Crippen LogP contribution in [-0.2, 0) is 13.1 Å². The molecule has 1 aliphatic rings. The van der Waals surface area contributed by atoms with Crippen LogP contribution in [0.25, 0.3) is 11.0 Å². The van der Waals surface area contributed by atoms with Crippen LogP contribution in [0.5, 0.6) is 0 Å². The Bertz CT molecular complexity index is 559. The van der Waals surface area contributed by atoms with Crippen molar-refractivity contribution in [1.82, 2.24) is 14.5 Å². The number of aromatic nitrogens is 2. The normalized spacial score (nSPS) is 16.7. The van der Waals surface area contributed by atoms with Crippen molar-refractivity contribution >= 4 is 27.0 Å². The summed E-state index contributed by atoms with van der Waals surface area (Å²) < 4.78 is 3.45. The second-order valence-corrected chi connectivity index (χ2v) is 5.79. The Balaban J connectivity index is 2.07. The molecule has 0 amide bonds. The SMILES string of the molecule is CC(C)N1CCn2c(nc3cc(Br)ccc32)C1. The quantitative estimate of drug-likeness (QED) is 0.806. The summed E-state index contributed by atoms with van der Waals surface area (Å²) in [7, 11) is 0. The van der Waals surface area contributed by atoms with Gasteiger partial charge < -0.3 is 4.57 Å². The predicted octanol–water partition coefficient (Wildman–Crippen LogP) is 3.02. The second-order valence-electron chi connectivity index (χ2n) is 4.88. The molecule has 2 heterocycles. The molecule has 1 aromatic heterocycles. The zero-order valence-corrected chi connectivity index (χ0v) is 11.7. The highest BCUT2D eigenvalue weighted by atomic mass is 79.9. The molecule has 0 fully saturated rings. The van der Waals surface area contributed by atoms with Gasteiger partial charge in [0.05, 0.1) is 17.6 Å². The Labute approximate surface area is 110 Å². The molecule has 3 nitrogen and oxygen atoms in total. The summed E-state index contributed by atoms with van der Waals surface area (Å²) in [5.41, 5.74) is 2.35.